The maximum atomic E-state index is 13.1. The smallest absolute Gasteiger partial charge is 0.268 e. The summed E-state index contributed by atoms with van der Waals surface area (Å²) in [5, 5.41) is 4.32. The van der Waals surface area contributed by atoms with Gasteiger partial charge in [0.25, 0.3) is 10.0 Å². The number of nitrogens with one attached hydrogen (secondary N) is 1. The van der Waals surface area contributed by atoms with E-state index in [0.29, 0.717) is 28.3 Å². The van der Waals surface area contributed by atoms with Gasteiger partial charge < -0.3 is 10.1 Å². The number of rotatable bonds is 8. The van der Waals surface area contributed by atoms with Crippen LogP contribution in [0.15, 0.2) is 53.6 Å². The lowest BCUT2D eigenvalue weighted by atomic mass is 10.2. The Kier molecular flexibility index (Phi) is 6.09. The number of ether oxygens (including phenoxy) is 1. The number of hydrogen-bond donors (Lipinski definition) is 1. The molecule has 27 heavy (non-hydrogen) atoms. The highest BCUT2D eigenvalue weighted by molar-refractivity contribution is 7.90. The molecule has 0 aliphatic carbocycles. The maximum Gasteiger partial charge on any atom is 0.268 e. The Morgan fingerprint density at radius 2 is 1.85 bits per heavy atom. The number of benzene rings is 2. The molecule has 0 amide bonds. The first-order chi connectivity index (χ1) is 12.9. The summed E-state index contributed by atoms with van der Waals surface area (Å²) in [5.74, 6) is 0.521. The fourth-order valence-electron chi connectivity index (χ4n) is 2.87. The highest BCUT2D eigenvalue weighted by Crippen LogP contribution is 2.33. The average Bonchev–Trinajstić information content (AvgIpc) is 3.00. The van der Waals surface area contributed by atoms with Crippen molar-refractivity contribution in [3.63, 3.8) is 0 Å². The monoisotopic (exact) mass is 406 g/mol. The van der Waals surface area contributed by atoms with Crippen LogP contribution in [0.5, 0.6) is 5.75 Å². The minimum atomic E-state index is -3.73. The van der Waals surface area contributed by atoms with Gasteiger partial charge in [0.05, 0.1) is 23.2 Å². The summed E-state index contributed by atoms with van der Waals surface area (Å²) in [5.41, 5.74) is 1.55. The normalized spacial score (nSPS) is 11.8. The molecule has 0 saturated carbocycles. The quantitative estimate of drug-likeness (QED) is 0.569. The molecule has 2 aromatic carbocycles. The number of unbranched alkanes of at least 4 members (excludes halogenated alkanes) is 1. The van der Waals surface area contributed by atoms with Crippen molar-refractivity contribution in [1.82, 2.24) is 9.29 Å². The molecular formula is C20H23ClN2O3S. The predicted octanol–water partition coefficient (Wildman–Crippen LogP) is 4.22. The van der Waals surface area contributed by atoms with Gasteiger partial charge in [-0.1, -0.05) is 29.3 Å². The minimum absolute atomic E-state index is 0.237. The molecule has 3 aromatic rings. The largest absolute Gasteiger partial charge is 0.491 e. The number of fused-ring (bicyclic) bond motifs is 1. The van der Waals surface area contributed by atoms with Crippen LogP contribution in [0, 0.1) is 6.92 Å². The summed E-state index contributed by atoms with van der Waals surface area (Å²) in [4.78, 5) is 0.237. The molecule has 0 atom stereocenters. The van der Waals surface area contributed by atoms with Gasteiger partial charge in [-0.2, -0.15) is 0 Å². The van der Waals surface area contributed by atoms with Gasteiger partial charge >= 0.3 is 0 Å². The number of aromatic nitrogens is 1. The van der Waals surface area contributed by atoms with Crippen LogP contribution in [0.1, 0.15) is 18.4 Å². The van der Waals surface area contributed by atoms with Crippen LogP contribution in [0.3, 0.4) is 0 Å². The van der Waals surface area contributed by atoms with Crippen molar-refractivity contribution < 1.29 is 13.2 Å². The Bertz CT molecular complexity index is 1030. The van der Waals surface area contributed by atoms with Gasteiger partial charge in [-0.3, -0.25) is 0 Å². The molecule has 1 N–H and O–H groups in total. The zero-order valence-electron chi connectivity index (χ0n) is 15.4. The van der Waals surface area contributed by atoms with Crippen molar-refractivity contribution >= 4 is 32.5 Å². The van der Waals surface area contributed by atoms with Crippen LogP contribution in [0.2, 0.25) is 5.02 Å². The van der Waals surface area contributed by atoms with E-state index < -0.39 is 10.0 Å². The van der Waals surface area contributed by atoms with Gasteiger partial charge in [0.1, 0.15) is 5.75 Å². The standard InChI is InChI=1S/C20H23ClN2O3S/c1-15-5-8-17(9-6-15)27(24,25)23-14-20(26-12-4-3-11-22-2)18-13-16(21)7-10-19(18)23/h5-10,13-14,22H,3-4,11-12H2,1-2H3. The molecular weight excluding hydrogens is 384 g/mol. The lowest BCUT2D eigenvalue weighted by Crippen LogP contribution is -2.11. The third-order valence-electron chi connectivity index (χ3n) is 4.35. The molecule has 0 aliphatic heterocycles. The van der Waals surface area contributed by atoms with Crippen LogP contribution < -0.4 is 10.1 Å². The second kappa shape index (κ2) is 8.33. The van der Waals surface area contributed by atoms with Crippen molar-refractivity contribution in [2.45, 2.75) is 24.7 Å². The van der Waals surface area contributed by atoms with Gasteiger partial charge in [-0.05, 0) is 63.7 Å². The van der Waals surface area contributed by atoms with E-state index in [4.69, 9.17) is 16.3 Å². The van der Waals surface area contributed by atoms with Gasteiger partial charge in [-0.25, -0.2) is 12.4 Å². The molecule has 3 rings (SSSR count). The predicted molar refractivity (Wildman–Crippen MR) is 109 cm³/mol. The van der Waals surface area contributed by atoms with Gasteiger partial charge in [-0.15, -0.1) is 0 Å². The summed E-state index contributed by atoms with van der Waals surface area (Å²) >= 11 is 6.13. The molecule has 5 nitrogen and oxygen atoms in total. The summed E-state index contributed by atoms with van der Waals surface area (Å²) in [6.07, 6.45) is 3.39. The average molecular weight is 407 g/mol. The van der Waals surface area contributed by atoms with Crippen molar-refractivity contribution in [2.75, 3.05) is 20.2 Å². The van der Waals surface area contributed by atoms with Crippen molar-refractivity contribution in [3.05, 3.63) is 59.2 Å². The number of hydrogen-bond acceptors (Lipinski definition) is 4. The van der Waals surface area contributed by atoms with E-state index in [0.717, 1.165) is 24.9 Å². The molecule has 0 radical (unpaired) electrons. The molecule has 1 aromatic heterocycles. The fourth-order valence-corrected chi connectivity index (χ4v) is 4.40. The van der Waals surface area contributed by atoms with E-state index in [1.54, 1.807) is 42.5 Å². The highest BCUT2D eigenvalue weighted by atomic mass is 35.5. The highest BCUT2D eigenvalue weighted by Gasteiger charge is 2.22. The van der Waals surface area contributed by atoms with Crippen LogP contribution >= 0.6 is 11.6 Å². The van der Waals surface area contributed by atoms with Crippen LogP contribution in [-0.4, -0.2) is 32.6 Å². The third-order valence-corrected chi connectivity index (χ3v) is 6.28. The van der Waals surface area contributed by atoms with Gasteiger partial charge in [0.2, 0.25) is 0 Å². The number of aryl methyl sites for hydroxylation is 1. The second-order valence-corrected chi connectivity index (χ2v) is 8.68. The maximum absolute atomic E-state index is 13.1. The first-order valence-electron chi connectivity index (χ1n) is 8.84. The summed E-state index contributed by atoms with van der Waals surface area (Å²) in [6.45, 7) is 3.35. The molecule has 0 unspecified atom stereocenters. The molecule has 0 aliphatic rings. The summed E-state index contributed by atoms with van der Waals surface area (Å²) in [7, 11) is -1.82. The first-order valence-corrected chi connectivity index (χ1v) is 10.7. The van der Waals surface area contributed by atoms with E-state index in [9.17, 15) is 8.42 Å². The Labute approximate surface area is 165 Å². The molecule has 0 spiro atoms. The zero-order valence-corrected chi connectivity index (χ0v) is 17.0. The van der Waals surface area contributed by atoms with E-state index >= 15 is 0 Å². The molecule has 1 heterocycles. The van der Waals surface area contributed by atoms with Gasteiger partial charge in [0.15, 0.2) is 0 Å². The lowest BCUT2D eigenvalue weighted by molar-refractivity contribution is 0.309. The number of halogens is 1. The summed E-state index contributed by atoms with van der Waals surface area (Å²) in [6, 6.07) is 11.9. The number of nitrogens with zero attached hydrogens (tertiary/aromatic N) is 1. The van der Waals surface area contributed by atoms with Gasteiger partial charge in [0, 0.05) is 10.4 Å². The van der Waals surface area contributed by atoms with E-state index in [-0.39, 0.29) is 4.90 Å². The lowest BCUT2D eigenvalue weighted by Gasteiger charge is -2.07. The van der Waals surface area contributed by atoms with Crippen LogP contribution in [0.4, 0.5) is 0 Å². The third kappa shape index (κ3) is 4.29. The Balaban J connectivity index is 1.99. The fraction of sp³-hybridized carbons (Fsp3) is 0.300. The van der Waals surface area contributed by atoms with Crippen molar-refractivity contribution in [3.8, 4) is 5.75 Å². The Morgan fingerprint density at radius 1 is 1.11 bits per heavy atom. The van der Waals surface area contributed by atoms with E-state index in [1.807, 2.05) is 14.0 Å². The first kappa shape index (κ1) is 19.7. The zero-order chi connectivity index (χ0) is 19.4. The second-order valence-electron chi connectivity index (χ2n) is 6.43. The summed E-state index contributed by atoms with van der Waals surface area (Å²) < 4.78 is 33.4. The molecule has 0 bridgehead atoms. The van der Waals surface area contributed by atoms with E-state index in [1.165, 1.54) is 10.2 Å². The minimum Gasteiger partial charge on any atom is -0.491 e. The Hall–Kier alpha value is -2.02. The Morgan fingerprint density at radius 3 is 2.56 bits per heavy atom. The van der Waals surface area contributed by atoms with E-state index in [2.05, 4.69) is 5.32 Å². The van der Waals surface area contributed by atoms with Crippen LogP contribution in [0.25, 0.3) is 10.9 Å². The SMILES string of the molecule is CNCCCCOc1cn(S(=O)(=O)c2ccc(C)cc2)c2ccc(Cl)cc12. The molecule has 144 valence electrons. The van der Waals surface area contributed by atoms with Crippen molar-refractivity contribution in [1.29, 1.82) is 0 Å². The molecule has 0 saturated heterocycles. The molecule has 7 heteroatoms. The van der Waals surface area contributed by atoms with Crippen molar-refractivity contribution in [2.24, 2.45) is 0 Å². The topological polar surface area (TPSA) is 60.3 Å². The molecule has 0 fully saturated rings. The van der Waals surface area contributed by atoms with Crippen LogP contribution in [-0.2, 0) is 10.0 Å².